The molecule has 0 heterocycles. The van der Waals surface area contributed by atoms with Gasteiger partial charge >= 0.3 is 0 Å². The quantitative estimate of drug-likeness (QED) is 0.0264. The number of fused-ring (bicyclic) bond motifs is 4. The molecule has 0 bridgehead atoms. The summed E-state index contributed by atoms with van der Waals surface area (Å²) >= 11 is 8.25. The minimum absolute atomic E-state index is 1.16. The van der Waals surface area contributed by atoms with Crippen molar-refractivity contribution in [3.05, 3.63) is 104 Å². The fourth-order valence-electron chi connectivity index (χ4n) is 12.9. The van der Waals surface area contributed by atoms with Crippen LogP contribution in [0.25, 0.3) is 54.2 Å². The molecule has 0 aliphatic heterocycles. The summed E-state index contributed by atoms with van der Waals surface area (Å²) in [6, 6.07) is 30.0. The van der Waals surface area contributed by atoms with Gasteiger partial charge in [0, 0.05) is 8.95 Å². The summed E-state index contributed by atoms with van der Waals surface area (Å²) in [7, 11) is 0. The highest BCUT2D eigenvalue weighted by Crippen LogP contribution is 2.41. The fraction of sp³-hybridized carbons (Fsp3) is 0.632. The zero-order chi connectivity index (χ0) is 54.8. The first-order chi connectivity index (χ1) is 38.4. The molecule has 0 aromatic heterocycles. The Bertz CT molecular complexity index is 2400. The Morgan fingerprint density at radius 3 is 0.564 bits per heavy atom. The van der Waals surface area contributed by atoms with Gasteiger partial charge in [0.05, 0.1) is 0 Å². The van der Waals surface area contributed by atoms with E-state index < -0.39 is 0 Å². The molecule has 6 aromatic rings. The van der Waals surface area contributed by atoms with Crippen molar-refractivity contribution in [1.82, 2.24) is 0 Å². The Morgan fingerprint density at radius 1 is 0.192 bits per heavy atom. The van der Waals surface area contributed by atoms with Gasteiger partial charge in [0.15, 0.2) is 0 Å². The Balaban J connectivity index is 1.18. The van der Waals surface area contributed by atoms with Gasteiger partial charge in [0.1, 0.15) is 0 Å². The Labute approximate surface area is 496 Å². The zero-order valence-corrected chi connectivity index (χ0v) is 54.0. The van der Waals surface area contributed by atoms with Crippen molar-refractivity contribution < 1.29 is 0 Å². The number of halogens is 2. The smallest absolute Gasteiger partial charge is 0.0260 e. The van der Waals surface area contributed by atoms with Crippen LogP contribution in [0.3, 0.4) is 0 Å². The SMILES string of the molecule is CCCCCCCCCCCCc1cc2cc3cc(Br)c(-c4cc5cc6cc(CCCCCCCCCCCC)c(CCCCCCCCCCCC)cc6cc5cc4Br)cc3cc2cc1CCCCCCCCCCCC. The molecule has 0 saturated carbocycles. The highest BCUT2D eigenvalue weighted by atomic mass is 79.9. The maximum atomic E-state index is 4.12. The molecule has 0 spiro atoms. The van der Waals surface area contributed by atoms with Crippen LogP contribution in [0.2, 0.25) is 0 Å². The second-order valence-electron chi connectivity index (χ2n) is 24.7. The number of hydrogen-bond acceptors (Lipinski definition) is 0. The van der Waals surface area contributed by atoms with Crippen molar-refractivity contribution in [2.45, 2.75) is 310 Å². The molecule has 0 nitrogen and oxygen atoms in total. The van der Waals surface area contributed by atoms with Crippen LogP contribution < -0.4 is 0 Å². The lowest BCUT2D eigenvalue weighted by Crippen LogP contribution is -1.97. The van der Waals surface area contributed by atoms with E-state index in [0.717, 1.165) is 8.95 Å². The lowest BCUT2D eigenvalue weighted by Gasteiger charge is -2.16. The molecule has 6 aromatic carbocycles. The molecular weight excluding hydrogens is 1070 g/mol. The number of benzene rings is 6. The van der Waals surface area contributed by atoms with E-state index in [0.29, 0.717) is 0 Å². The van der Waals surface area contributed by atoms with E-state index >= 15 is 0 Å². The third kappa shape index (κ3) is 22.9. The summed E-state index contributed by atoms with van der Waals surface area (Å²) in [5.41, 5.74) is 8.95. The van der Waals surface area contributed by atoms with E-state index in [2.05, 4.69) is 132 Å². The topological polar surface area (TPSA) is 0 Å². The number of aryl methyl sites for hydroxylation is 4. The van der Waals surface area contributed by atoms with Crippen LogP contribution in [0, 0.1) is 0 Å². The van der Waals surface area contributed by atoms with Gasteiger partial charge in [-0.15, -0.1) is 0 Å². The highest BCUT2D eigenvalue weighted by Gasteiger charge is 2.15. The minimum atomic E-state index is 1.16. The Hall–Kier alpha value is -2.68. The van der Waals surface area contributed by atoms with Gasteiger partial charge in [-0.2, -0.15) is 0 Å². The molecular formula is C76H112Br2. The van der Waals surface area contributed by atoms with E-state index in [9.17, 15) is 0 Å². The van der Waals surface area contributed by atoms with Gasteiger partial charge in [-0.1, -0.05) is 315 Å². The van der Waals surface area contributed by atoms with Crippen molar-refractivity contribution in [3.8, 4) is 11.1 Å². The molecule has 6 rings (SSSR count). The standard InChI is InChI=1S/C76H112Br2/c1-5-9-13-17-21-25-29-33-37-41-45-61-49-65-53-69-57-73(75(77)59-71(69)55-67(65)51-63(61)47-43-39-35-31-27-23-19-15-11-7-3)74-58-70-54-66-50-62(46-42-38-34-30-26-22-18-14-10-6-2)64(52-68(66)56-72(70)60-76(74)78)48-44-40-36-32-28-24-20-16-12-8-4/h49-60H,5-48H2,1-4H3. The molecule has 0 unspecified atom stereocenters. The molecule has 0 amide bonds. The van der Waals surface area contributed by atoms with Gasteiger partial charge in [-0.05, 0) is 176 Å². The number of rotatable bonds is 45. The number of hydrogen-bond donors (Lipinski definition) is 0. The van der Waals surface area contributed by atoms with E-state index in [1.165, 1.54) is 337 Å². The van der Waals surface area contributed by atoms with Crippen molar-refractivity contribution in [3.63, 3.8) is 0 Å². The first-order valence-corrected chi connectivity index (χ1v) is 35.4. The first kappa shape index (κ1) is 64.5. The molecule has 0 radical (unpaired) electrons. The lowest BCUT2D eigenvalue weighted by molar-refractivity contribution is 0.553. The average molecular weight is 1190 g/mol. The molecule has 0 aliphatic rings. The Morgan fingerprint density at radius 2 is 0.359 bits per heavy atom. The second kappa shape index (κ2) is 38.9. The summed E-state index contributed by atoms with van der Waals surface area (Å²) in [5, 5.41) is 10.9. The molecule has 430 valence electrons. The lowest BCUT2D eigenvalue weighted by atomic mass is 9.90. The first-order valence-electron chi connectivity index (χ1n) is 33.8. The minimum Gasteiger partial charge on any atom is -0.0654 e. The molecule has 0 saturated heterocycles. The van der Waals surface area contributed by atoms with Gasteiger partial charge in [-0.25, -0.2) is 0 Å². The van der Waals surface area contributed by atoms with E-state index in [4.69, 9.17) is 0 Å². The maximum Gasteiger partial charge on any atom is 0.0260 e. The van der Waals surface area contributed by atoms with Crippen molar-refractivity contribution in [2.75, 3.05) is 0 Å². The maximum absolute atomic E-state index is 4.12. The van der Waals surface area contributed by atoms with E-state index in [1.54, 1.807) is 22.3 Å². The van der Waals surface area contributed by atoms with Crippen molar-refractivity contribution in [2.24, 2.45) is 0 Å². The van der Waals surface area contributed by atoms with Crippen LogP contribution in [0.5, 0.6) is 0 Å². The third-order valence-corrected chi connectivity index (χ3v) is 19.2. The molecule has 0 fully saturated rings. The van der Waals surface area contributed by atoms with Crippen LogP contribution >= 0.6 is 31.9 Å². The normalized spacial score (nSPS) is 11.9. The monoisotopic (exact) mass is 1180 g/mol. The third-order valence-electron chi connectivity index (χ3n) is 17.9. The average Bonchev–Trinajstić information content (AvgIpc) is 3.48. The molecule has 2 heteroatoms. The fourth-order valence-corrected chi connectivity index (χ4v) is 14.0. The van der Waals surface area contributed by atoms with Gasteiger partial charge in [0.25, 0.3) is 0 Å². The van der Waals surface area contributed by atoms with Gasteiger partial charge < -0.3 is 0 Å². The van der Waals surface area contributed by atoms with Gasteiger partial charge in [0.2, 0.25) is 0 Å². The number of unbranched alkanes of at least 4 members (excludes halogenated alkanes) is 36. The van der Waals surface area contributed by atoms with Crippen molar-refractivity contribution in [1.29, 1.82) is 0 Å². The summed E-state index contributed by atoms with van der Waals surface area (Å²) in [6.45, 7) is 9.28. The van der Waals surface area contributed by atoms with Gasteiger partial charge in [-0.3, -0.25) is 0 Å². The summed E-state index contributed by atoms with van der Waals surface area (Å²) in [5.74, 6) is 0. The largest absolute Gasteiger partial charge is 0.0654 e. The summed E-state index contributed by atoms with van der Waals surface area (Å²) in [6.07, 6.45) is 60.5. The summed E-state index contributed by atoms with van der Waals surface area (Å²) < 4.78 is 2.32. The van der Waals surface area contributed by atoms with Crippen LogP contribution in [0.4, 0.5) is 0 Å². The van der Waals surface area contributed by atoms with E-state index in [1.807, 2.05) is 0 Å². The predicted molar refractivity (Wildman–Crippen MR) is 359 cm³/mol. The molecule has 78 heavy (non-hydrogen) atoms. The second-order valence-corrected chi connectivity index (χ2v) is 26.4. The Kier molecular flexibility index (Phi) is 32.2. The molecule has 0 atom stereocenters. The molecule has 0 N–H and O–H groups in total. The molecule has 0 aliphatic carbocycles. The van der Waals surface area contributed by atoms with Crippen LogP contribution in [-0.4, -0.2) is 0 Å². The zero-order valence-electron chi connectivity index (χ0n) is 50.8. The van der Waals surface area contributed by atoms with E-state index in [-0.39, 0.29) is 0 Å². The van der Waals surface area contributed by atoms with Crippen LogP contribution in [0.1, 0.15) is 307 Å². The highest BCUT2D eigenvalue weighted by molar-refractivity contribution is 9.11. The summed E-state index contributed by atoms with van der Waals surface area (Å²) in [4.78, 5) is 0. The van der Waals surface area contributed by atoms with Crippen LogP contribution in [-0.2, 0) is 25.7 Å². The van der Waals surface area contributed by atoms with Crippen LogP contribution in [0.15, 0.2) is 81.7 Å². The predicted octanol–water partition coefficient (Wildman–Crippen LogP) is 27.3. The van der Waals surface area contributed by atoms with Crippen molar-refractivity contribution >= 4 is 74.9 Å².